The molecule has 0 atom stereocenters. The van der Waals surface area contributed by atoms with E-state index in [2.05, 4.69) is 5.10 Å². The van der Waals surface area contributed by atoms with Gasteiger partial charge in [-0.2, -0.15) is 5.10 Å². The number of fused-ring (bicyclic) bond motifs is 1. The third-order valence-corrected chi connectivity index (χ3v) is 4.41. The van der Waals surface area contributed by atoms with Crippen LogP contribution in [0.4, 0.5) is 0 Å². The smallest absolute Gasteiger partial charge is 0.359 e. The van der Waals surface area contributed by atoms with Crippen LogP contribution in [0.2, 0.25) is 0 Å². The molecule has 0 spiro atoms. The molecule has 0 saturated carbocycles. The average Bonchev–Trinajstić information content (AvgIpc) is 2.78. The summed E-state index contributed by atoms with van der Waals surface area (Å²) in [5.41, 5.74) is -0.356. The number of hydrogen-bond acceptors (Lipinski definition) is 8. The van der Waals surface area contributed by atoms with E-state index in [0.717, 1.165) is 4.68 Å². The number of esters is 1. The SMILES string of the molecule is COc1ccc(OC)c(C(=O)COC(=O)c2nn(CCO)c(=O)c3ccccc23)c1. The van der Waals surface area contributed by atoms with Crippen molar-refractivity contribution in [1.29, 1.82) is 0 Å². The van der Waals surface area contributed by atoms with Gasteiger partial charge in [-0.05, 0) is 24.3 Å². The van der Waals surface area contributed by atoms with Crippen molar-refractivity contribution in [1.82, 2.24) is 9.78 Å². The summed E-state index contributed by atoms with van der Waals surface area (Å²) in [6.07, 6.45) is 0. The predicted octanol–water partition coefficient (Wildman–Crippen LogP) is 1.45. The van der Waals surface area contributed by atoms with E-state index in [1.807, 2.05) is 0 Å². The molecular weight excluding hydrogens is 392 g/mol. The lowest BCUT2D eigenvalue weighted by Gasteiger charge is -2.11. The highest BCUT2D eigenvalue weighted by Crippen LogP contribution is 2.24. The van der Waals surface area contributed by atoms with Gasteiger partial charge >= 0.3 is 5.97 Å². The number of benzene rings is 2. The van der Waals surface area contributed by atoms with Gasteiger partial charge in [0.2, 0.25) is 5.78 Å². The van der Waals surface area contributed by atoms with Crippen molar-refractivity contribution in [2.75, 3.05) is 27.4 Å². The summed E-state index contributed by atoms with van der Waals surface area (Å²) >= 11 is 0. The van der Waals surface area contributed by atoms with Crippen molar-refractivity contribution in [3.63, 3.8) is 0 Å². The summed E-state index contributed by atoms with van der Waals surface area (Å²) < 4.78 is 16.5. The van der Waals surface area contributed by atoms with E-state index >= 15 is 0 Å². The Kier molecular flexibility index (Phi) is 6.43. The van der Waals surface area contributed by atoms with Crippen molar-refractivity contribution < 1.29 is 28.9 Å². The number of aromatic nitrogens is 2. The molecule has 0 bridgehead atoms. The van der Waals surface area contributed by atoms with Crippen LogP contribution in [0.1, 0.15) is 20.8 Å². The Balaban J connectivity index is 1.88. The number of methoxy groups -OCH3 is 2. The largest absolute Gasteiger partial charge is 0.497 e. The van der Waals surface area contributed by atoms with Crippen molar-refractivity contribution in [2.45, 2.75) is 6.54 Å². The summed E-state index contributed by atoms with van der Waals surface area (Å²) in [6.45, 7) is -0.963. The Morgan fingerprint density at radius 3 is 2.47 bits per heavy atom. The van der Waals surface area contributed by atoms with Gasteiger partial charge in [0.15, 0.2) is 12.3 Å². The summed E-state index contributed by atoms with van der Waals surface area (Å²) in [4.78, 5) is 37.7. The number of aliphatic hydroxyl groups excluding tert-OH is 1. The lowest BCUT2D eigenvalue weighted by Crippen LogP contribution is -2.28. The zero-order valence-corrected chi connectivity index (χ0v) is 16.5. The molecule has 9 heteroatoms. The number of Topliss-reactive ketones (excluding diaryl/α,β-unsaturated/α-hetero) is 1. The summed E-state index contributed by atoms with van der Waals surface area (Å²) in [5, 5.41) is 13.7. The molecule has 0 amide bonds. The predicted molar refractivity (Wildman–Crippen MR) is 107 cm³/mol. The highest BCUT2D eigenvalue weighted by Gasteiger charge is 2.21. The Morgan fingerprint density at radius 2 is 1.80 bits per heavy atom. The maximum atomic E-state index is 12.7. The molecule has 1 heterocycles. The second-order valence-electron chi connectivity index (χ2n) is 6.21. The first-order chi connectivity index (χ1) is 14.5. The van der Waals surface area contributed by atoms with Crippen molar-refractivity contribution in [3.8, 4) is 11.5 Å². The second-order valence-corrected chi connectivity index (χ2v) is 6.21. The highest BCUT2D eigenvalue weighted by atomic mass is 16.5. The van der Waals surface area contributed by atoms with Crippen molar-refractivity contribution in [2.24, 2.45) is 0 Å². The number of ketones is 1. The molecule has 0 saturated heterocycles. The molecule has 2 aromatic carbocycles. The molecule has 0 radical (unpaired) electrons. The van der Waals surface area contributed by atoms with Gasteiger partial charge in [0.05, 0.1) is 38.3 Å². The van der Waals surface area contributed by atoms with Crippen LogP contribution in [0.15, 0.2) is 47.3 Å². The first-order valence-corrected chi connectivity index (χ1v) is 9.03. The first kappa shape index (κ1) is 21.0. The number of ether oxygens (including phenoxy) is 3. The minimum Gasteiger partial charge on any atom is -0.497 e. The Bertz CT molecular complexity index is 1150. The molecule has 3 rings (SSSR count). The average molecular weight is 412 g/mol. The fourth-order valence-electron chi connectivity index (χ4n) is 2.94. The molecule has 156 valence electrons. The molecule has 1 aromatic heterocycles. The van der Waals surface area contributed by atoms with Crippen LogP contribution in [0.5, 0.6) is 11.5 Å². The molecule has 30 heavy (non-hydrogen) atoms. The summed E-state index contributed by atoms with van der Waals surface area (Å²) in [7, 11) is 2.89. The normalized spacial score (nSPS) is 10.6. The molecule has 0 unspecified atom stereocenters. The number of rotatable bonds is 8. The van der Waals surface area contributed by atoms with E-state index < -0.39 is 23.9 Å². The number of hydrogen-bond donors (Lipinski definition) is 1. The molecule has 0 fully saturated rings. The number of aliphatic hydroxyl groups is 1. The van der Waals surface area contributed by atoms with Gasteiger partial charge in [0.1, 0.15) is 11.5 Å². The Hall–Kier alpha value is -3.72. The molecule has 1 N–H and O–H groups in total. The molecule has 0 aliphatic rings. The Labute approximate surface area is 171 Å². The van der Waals surface area contributed by atoms with Crippen LogP contribution < -0.4 is 15.0 Å². The van der Waals surface area contributed by atoms with Crippen LogP contribution >= 0.6 is 0 Å². The van der Waals surface area contributed by atoms with Gasteiger partial charge in [-0.1, -0.05) is 18.2 Å². The van der Waals surface area contributed by atoms with Gasteiger partial charge in [0.25, 0.3) is 5.56 Å². The van der Waals surface area contributed by atoms with E-state index in [1.54, 1.807) is 36.4 Å². The fourth-order valence-corrected chi connectivity index (χ4v) is 2.94. The quantitative estimate of drug-likeness (QED) is 0.436. The maximum Gasteiger partial charge on any atom is 0.359 e. The Morgan fingerprint density at radius 1 is 1.07 bits per heavy atom. The van der Waals surface area contributed by atoms with E-state index in [1.165, 1.54) is 20.3 Å². The minimum atomic E-state index is -0.867. The van der Waals surface area contributed by atoms with Gasteiger partial charge in [-0.25, -0.2) is 9.48 Å². The summed E-state index contributed by atoms with van der Waals surface area (Å²) in [6, 6.07) is 11.1. The molecular formula is C21H20N2O7. The van der Waals surface area contributed by atoms with Gasteiger partial charge in [0, 0.05) is 5.39 Å². The van der Waals surface area contributed by atoms with Gasteiger partial charge in [-0.3, -0.25) is 9.59 Å². The van der Waals surface area contributed by atoms with Crippen LogP contribution in [-0.2, 0) is 11.3 Å². The van der Waals surface area contributed by atoms with E-state index in [9.17, 15) is 14.4 Å². The van der Waals surface area contributed by atoms with Crippen LogP contribution in [-0.4, -0.2) is 54.1 Å². The highest BCUT2D eigenvalue weighted by molar-refractivity contribution is 6.04. The van der Waals surface area contributed by atoms with E-state index in [-0.39, 0.29) is 29.8 Å². The summed E-state index contributed by atoms with van der Waals surface area (Å²) in [5.74, 6) is -0.591. The van der Waals surface area contributed by atoms with Crippen LogP contribution in [0, 0.1) is 0 Å². The van der Waals surface area contributed by atoms with Gasteiger partial charge < -0.3 is 19.3 Å². The van der Waals surface area contributed by atoms with Crippen LogP contribution in [0.3, 0.4) is 0 Å². The van der Waals surface area contributed by atoms with Gasteiger partial charge in [-0.15, -0.1) is 0 Å². The third-order valence-electron chi connectivity index (χ3n) is 4.41. The zero-order chi connectivity index (χ0) is 21.7. The van der Waals surface area contributed by atoms with E-state index in [4.69, 9.17) is 19.3 Å². The van der Waals surface area contributed by atoms with E-state index in [0.29, 0.717) is 16.9 Å². The topological polar surface area (TPSA) is 117 Å². The lowest BCUT2D eigenvalue weighted by atomic mass is 10.1. The monoisotopic (exact) mass is 412 g/mol. The van der Waals surface area contributed by atoms with Crippen molar-refractivity contribution >= 4 is 22.5 Å². The fraction of sp³-hybridized carbons (Fsp3) is 0.238. The van der Waals surface area contributed by atoms with Crippen LogP contribution in [0.25, 0.3) is 10.8 Å². The third kappa shape index (κ3) is 4.15. The minimum absolute atomic E-state index is 0.0795. The lowest BCUT2D eigenvalue weighted by molar-refractivity contribution is 0.0467. The van der Waals surface area contributed by atoms with Crippen molar-refractivity contribution in [3.05, 3.63) is 64.1 Å². The standard InChI is InChI=1S/C21H20N2O7/c1-28-13-7-8-18(29-2)16(11-13)17(25)12-30-21(27)19-14-5-3-4-6-15(14)20(26)23(22-19)9-10-24/h3-8,11,24H,9-10,12H2,1-2H3. The first-order valence-electron chi connectivity index (χ1n) is 9.03. The number of carbonyl (C=O) groups is 2. The second kappa shape index (κ2) is 9.19. The molecule has 9 nitrogen and oxygen atoms in total. The molecule has 3 aromatic rings. The molecule has 0 aliphatic carbocycles. The zero-order valence-electron chi connectivity index (χ0n) is 16.5. The number of carbonyl (C=O) groups excluding carboxylic acids is 2. The maximum absolute atomic E-state index is 12.7. The number of nitrogens with zero attached hydrogens (tertiary/aromatic N) is 2. The molecule has 0 aliphatic heterocycles.